The van der Waals surface area contributed by atoms with E-state index in [1.165, 1.54) is 5.56 Å². The number of pyridine rings is 1. The van der Waals surface area contributed by atoms with E-state index in [0.717, 1.165) is 31.6 Å². The Hall–Kier alpha value is -2.95. The van der Waals surface area contributed by atoms with Crippen LogP contribution in [-0.2, 0) is 6.42 Å². The van der Waals surface area contributed by atoms with Crippen LogP contribution in [0.1, 0.15) is 22.3 Å². The highest BCUT2D eigenvalue weighted by Crippen LogP contribution is 2.24. The molecular weight excluding hydrogens is 312 g/mol. The molecule has 0 aliphatic carbocycles. The van der Waals surface area contributed by atoms with Crippen molar-refractivity contribution in [3.05, 3.63) is 78.4 Å². The minimum atomic E-state index is 0.0831. The van der Waals surface area contributed by atoms with Crippen molar-refractivity contribution in [3.8, 4) is 5.69 Å². The van der Waals surface area contributed by atoms with E-state index in [1.54, 1.807) is 17.1 Å². The maximum absolute atomic E-state index is 13.0. The second kappa shape index (κ2) is 6.89. The number of amides is 1. The molecule has 126 valence electrons. The molecule has 2 aromatic heterocycles. The van der Waals surface area contributed by atoms with Crippen molar-refractivity contribution in [3.63, 3.8) is 0 Å². The van der Waals surface area contributed by atoms with Crippen LogP contribution >= 0.6 is 0 Å². The third kappa shape index (κ3) is 3.31. The average molecular weight is 332 g/mol. The van der Waals surface area contributed by atoms with Gasteiger partial charge in [0.15, 0.2) is 0 Å². The van der Waals surface area contributed by atoms with Crippen molar-refractivity contribution < 1.29 is 4.79 Å². The fourth-order valence-electron chi connectivity index (χ4n) is 3.47. The van der Waals surface area contributed by atoms with Gasteiger partial charge in [-0.1, -0.05) is 18.2 Å². The van der Waals surface area contributed by atoms with Crippen LogP contribution in [0.25, 0.3) is 5.69 Å². The van der Waals surface area contributed by atoms with Crippen LogP contribution in [0, 0.1) is 5.92 Å². The normalized spacial score (nSPS) is 17.0. The Bertz CT molecular complexity index is 845. The molecule has 1 atom stereocenters. The highest BCUT2D eigenvalue weighted by atomic mass is 16.2. The number of rotatable bonds is 4. The Labute approximate surface area is 146 Å². The molecule has 1 aliphatic heterocycles. The van der Waals surface area contributed by atoms with Gasteiger partial charge >= 0.3 is 0 Å². The Kier molecular flexibility index (Phi) is 4.29. The molecule has 25 heavy (non-hydrogen) atoms. The zero-order chi connectivity index (χ0) is 17.1. The van der Waals surface area contributed by atoms with Crippen LogP contribution < -0.4 is 0 Å². The number of hydrogen-bond acceptors (Lipinski definition) is 3. The van der Waals surface area contributed by atoms with E-state index in [1.807, 2.05) is 53.7 Å². The summed E-state index contributed by atoms with van der Waals surface area (Å²) < 4.78 is 1.75. The van der Waals surface area contributed by atoms with E-state index in [-0.39, 0.29) is 5.91 Å². The van der Waals surface area contributed by atoms with Crippen LogP contribution in [0.4, 0.5) is 0 Å². The molecule has 3 heterocycles. The summed E-state index contributed by atoms with van der Waals surface area (Å²) in [7, 11) is 0. The van der Waals surface area contributed by atoms with Crippen molar-refractivity contribution in [2.45, 2.75) is 12.8 Å². The number of likely N-dealkylation sites (tertiary alicyclic amines) is 1. The number of aromatic nitrogens is 3. The summed E-state index contributed by atoms with van der Waals surface area (Å²) in [4.78, 5) is 19.2. The predicted molar refractivity (Wildman–Crippen MR) is 95.5 cm³/mol. The minimum Gasteiger partial charge on any atom is -0.338 e. The Morgan fingerprint density at radius 1 is 1.12 bits per heavy atom. The van der Waals surface area contributed by atoms with Gasteiger partial charge in [0, 0.05) is 37.9 Å². The monoisotopic (exact) mass is 332 g/mol. The average Bonchev–Trinajstić information content (AvgIpc) is 3.34. The first-order valence-electron chi connectivity index (χ1n) is 8.58. The number of carbonyl (C=O) groups is 1. The van der Waals surface area contributed by atoms with Crippen molar-refractivity contribution >= 4 is 5.91 Å². The first-order chi connectivity index (χ1) is 12.3. The standard InChI is InChI=1S/C20H20N4O/c25-20(18-6-1-2-7-19(18)24-11-4-10-22-24)23-12-8-17(15-23)13-16-5-3-9-21-14-16/h1-7,9-11,14,17H,8,12-13,15H2. The smallest absolute Gasteiger partial charge is 0.256 e. The summed E-state index contributed by atoms with van der Waals surface area (Å²) in [6, 6.07) is 13.6. The number of carbonyl (C=O) groups excluding carboxylic acids is 1. The number of nitrogens with zero attached hydrogens (tertiary/aromatic N) is 4. The van der Waals surface area contributed by atoms with Gasteiger partial charge in [-0.15, -0.1) is 0 Å². The first-order valence-corrected chi connectivity index (χ1v) is 8.58. The van der Waals surface area contributed by atoms with Gasteiger partial charge in [0.25, 0.3) is 5.91 Å². The summed E-state index contributed by atoms with van der Waals surface area (Å²) in [6.07, 6.45) is 9.29. The van der Waals surface area contributed by atoms with Crippen LogP contribution in [0.3, 0.4) is 0 Å². The molecule has 5 heteroatoms. The van der Waals surface area contributed by atoms with E-state index < -0.39 is 0 Å². The Morgan fingerprint density at radius 2 is 2.04 bits per heavy atom. The van der Waals surface area contributed by atoms with Crippen LogP contribution in [0.2, 0.25) is 0 Å². The zero-order valence-electron chi connectivity index (χ0n) is 14.0. The molecule has 5 nitrogen and oxygen atoms in total. The zero-order valence-corrected chi connectivity index (χ0v) is 14.0. The molecule has 3 aromatic rings. The second-order valence-corrected chi connectivity index (χ2v) is 6.44. The lowest BCUT2D eigenvalue weighted by molar-refractivity contribution is 0.0787. The molecule has 0 spiro atoms. The van der Waals surface area contributed by atoms with Crippen LogP contribution in [-0.4, -0.2) is 38.7 Å². The highest BCUT2D eigenvalue weighted by molar-refractivity contribution is 5.97. The second-order valence-electron chi connectivity index (χ2n) is 6.44. The summed E-state index contributed by atoms with van der Waals surface area (Å²) >= 11 is 0. The van der Waals surface area contributed by atoms with Crippen molar-refractivity contribution in [1.82, 2.24) is 19.7 Å². The van der Waals surface area contributed by atoms with Gasteiger partial charge in [-0.05, 0) is 48.6 Å². The topological polar surface area (TPSA) is 51.0 Å². The van der Waals surface area contributed by atoms with Crippen molar-refractivity contribution in [1.29, 1.82) is 0 Å². The van der Waals surface area contributed by atoms with E-state index in [0.29, 0.717) is 11.5 Å². The van der Waals surface area contributed by atoms with E-state index in [2.05, 4.69) is 16.1 Å². The predicted octanol–water partition coefficient (Wildman–Crippen LogP) is 2.97. The van der Waals surface area contributed by atoms with Gasteiger partial charge in [-0.25, -0.2) is 4.68 Å². The minimum absolute atomic E-state index is 0.0831. The molecule has 1 fully saturated rings. The van der Waals surface area contributed by atoms with Crippen molar-refractivity contribution in [2.24, 2.45) is 5.92 Å². The maximum Gasteiger partial charge on any atom is 0.256 e. The van der Waals surface area contributed by atoms with E-state index >= 15 is 0 Å². The summed E-state index contributed by atoms with van der Waals surface area (Å²) in [6.45, 7) is 1.60. The third-order valence-electron chi connectivity index (χ3n) is 4.71. The molecular formula is C20H20N4O. The molecule has 0 saturated carbocycles. The molecule has 0 bridgehead atoms. The Balaban J connectivity index is 1.49. The summed E-state index contributed by atoms with van der Waals surface area (Å²) in [5.41, 5.74) is 2.76. The maximum atomic E-state index is 13.0. The van der Waals surface area contributed by atoms with Gasteiger partial charge in [-0.2, -0.15) is 5.10 Å². The molecule has 1 aliphatic rings. The van der Waals surface area contributed by atoms with Gasteiger partial charge in [0.2, 0.25) is 0 Å². The molecule has 1 amide bonds. The van der Waals surface area contributed by atoms with Gasteiger partial charge in [0.1, 0.15) is 0 Å². The van der Waals surface area contributed by atoms with Gasteiger partial charge in [0.05, 0.1) is 11.3 Å². The van der Waals surface area contributed by atoms with E-state index in [9.17, 15) is 4.79 Å². The molecule has 0 radical (unpaired) electrons. The van der Waals surface area contributed by atoms with Crippen molar-refractivity contribution in [2.75, 3.05) is 13.1 Å². The highest BCUT2D eigenvalue weighted by Gasteiger charge is 2.28. The largest absolute Gasteiger partial charge is 0.338 e. The van der Waals surface area contributed by atoms with Crippen LogP contribution in [0.5, 0.6) is 0 Å². The molecule has 1 saturated heterocycles. The van der Waals surface area contributed by atoms with E-state index in [4.69, 9.17) is 0 Å². The fraction of sp³-hybridized carbons (Fsp3) is 0.250. The van der Waals surface area contributed by atoms with Gasteiger partial charge < -0.3 is 4.90 Å². The molecule has 4 rings (SSSR count). The lowest BCUT2D eigenvalue weighted by atomic mass is 10.00. The van der Waals surface area contributed by atoms with Gasteiger partial charge in [-0.3, -0.25) is 9.78 Å². The third-order valence-corrected chi connectivity index (χ3v) is 4.71. The molecule has 1 unspecified atom stereocenters. The lowest BCUT2D eigenvalue weighted by Gasteiger charge is -2.18. The fourth-order valence-corrected chi connectivity index (χ4v) is 3.47. The van der Waals surface area contributed by atoms with Crippen LogP contribution in [0.15, 0.2) is 67.3 Å². The lowest BCUT2D eigenvalue weighted by Crippen LogP contribution is -2.30. The quantitative estimate of drug-likeness (QED) is 0.738. The summed E-state index contributed by atoms with van der Waals surface area (Å²) in [5.74, 6) is 0.574. The molecule has 0 N–H and O–H groups in total. The number of para-hydroxylation sites is 1. The molecule has 1 aromatic carbocycles. The Morgan fingerprint density at radius 3 is 2.84 bits per heavy atom. The number of hydrogen-bond donors (Lipinski definition) is 0. The first kappa shape index (κ1) is 15.6. The number of benzene rings is 1. The SMILES string of the molecule is O=C(c1ccccc1-n1cccn1)N1CCC(Cc2cccnc2)C1. The summed E-state index contributed by atoms with van der Waals surface area (Å²) in [5, 5.41) is 4.27.